The van der Waals surface area contributed by atoms with E-state index in [0.717, 1.165) is 10.1 Å². The molecule has 0 saturated carbocycles. The molecule has 0 atom stereocenters. The molecule has 7 heteroatoms. The maximum absolute atomic E-state index is 12.4. The zero-order valence-corrected chi connectivity index (χ0v) is 13.2. The van der Waals surface area contributed by atoms with Crippen LogP contribution >= 0.6 is 0 Å². The predicted molar refractivity (Wildman–Crippen MR) is 86.7 cm³/mol. The third-order valence-electron chi connectivity index (χ3n) is 3.52. The number of aromatic hydroxyl groups is 1. The van der Waals surface area contributed by atoms with Crippen molar-refractivity contribution in [3.8, 4) is 5.88 Å². The Bertz CT molecular complexity index is 836. The van der Waals surface area contributed by atoms with Crippen molar-refractivity contribution in [1.82, 2.24) is 4.57 Å². The second-order valence-electron chi connectivity index (χ2n) is 5.12. The van der Waals surface area contributed by atoms with E-state index in [0.29, 0.717) is 5.69 Å². The Balaban J connectivity index is 2.62. The van der Waals surface area contributed by atoms with Gasteiger partial charge in [-0.3, -0.25) is 14.2 Å². The van der Waals surface area contributed by atoms with Crippen molar-refractivity contribution in [2.75, 3.05) is 0 Å². The lowest BCUT2D eigenvalue weighted by Gasteiger charge is -2.12. The van der Waals surface area contributed by atoms with Gasteiger partial charge in [-0.15, -0.1) is 5.11 Å². The van der Waals surface area contributed by atoms with E-state index >= 15 is 0 Å². The molecule has 1 aromatic heterocycles. The molecule has 0 saturated heterocycles. The Hall–Kier alpha value is -2.96. The monoisotopic (exact) mass is 314 g/mol. The summed E-state index contributed by atoms with van der Waals surface area (Å²) in [5.41, 5.74) is 6.50. The van der Waals surface area contributed by atoms with E-state index in [1.807, 2.05) is 19.1 Å². The number of azo groups is 1. The summed E-state index contributed by atoms with van der Waals surface area (Å²) in [6.45, 7) is 5.30. The van der Waals surface area contributed by atoms with Crippen molar-refractivity contribution in [3.63, 3.8) is 0 Å². The van der Waals surface area contributed by atoms with Gasteiger partial charge in [0.15, 0.2) is 5.69 Å². The van der Waals surface area contributed by atoms with Crippen LogP contribution in [0.5, 0.6) is 5.88 Å². The van der Waals surface area contributed by atoms with Gasteiger partial charge in [0.1, 0.15) is 5.56 Å². The van der Waals surface area contributed by atoms with E-state index < -0.39 is 17.3 Å². The highest BCUT2D eigenvalue weighted by Crippen LogP contribution is 2.27. The van der Waals surface area contributed by atoms with Crippen LogP contribution < -0.4 is 11.3 Å². The van der Waals surface area contributed by atoms with Crippen LogP contribution in [-0.4, -0.2) is 15.6 Å². The van der Waals surface area contributed by atoms with Crippen LogP contribution in [0.15, 0.2) is 39.3 Å². The van der Waals surface area contributed by atoms with Crippen molar-refractivity contribution >= 4 is 17.3 Å². The highest BCUT2D eigenvalue weighted by molar-refractivity contribution is 5.97. The first kappa shape index (κ1) is 16.4. The number of nitrogens with zero attached hydrogens (tertiary/aromatic N) is 3. The Labute approximate surface area is 133 Å². The van der Waals surface area contributed by atoms with E-state index in [2.05, 4.69) is 10.2 Å². The maximum Gasteiger partial charge on any atom is 0.281 e. The average Bonchev–Trinajstić information content (AvgIpc) is 2.49. The van der Waals surface area contributed by atoms with Crippen LogP contribution in [0.3, 0.4) is 0 Å². The molecule has 0 unspecified atom stereocenters. The molecule has 0 aliphatic carbocycles. The number of aryl methyl sites for hydroxylation is 1. The summed E-state index contributed by atoms with van der Waals surface area (Å²) < 4.78 is 1.04. The van der Waals surface area contributed by atoms with Gasteiger partial charge >= 0.3 is 0 Å². The van der Waals surface area contributed by atoms with Crippen LogP contribution in [0.25, 0.3) is 0 Å². The number of pyridine rings is 1. The summed E-state index contributed by atoms with van der Waals surface area (Å²) in [5, 5.41) is 18.0. The van der Waals surface area contributed by atoms with Gasteiger partial charge in [0.25, 0.3) is 11.5 Å². The summed E-state index contributed by atoms with van der Waals surface area (Å²) in [4.78, 5) is 23.9. The molecular formula is C16H18N4O3. The average molecular weight is 314 g/mol. The number of benzene rings is 1. The Morgan fingerprint density at radius 2 is 1.83 bits per heavy atom. The minimum absolute atomic E-state index is 0.0148. The molecule has 7 nitrogen and oxygen atoms in total. The maximum atomic E-state index is 12.4. The molecule has 120 valence electrons. The normalized spacial score (nSPS) is 11.1. The molecule has 2 rings (SSSR count). The number of rotatable bonds is 4. The van der Waals surface area contributed by atoms with Gasteiger partial charge in [-0.25, -0.2) is 0 Å². The van der Waals surface area contributed by atoms with Crippen LogP contribution in [0, 0.1) is 13.8 Å². The lowest BCUT2D eigenvalue weighted by Crippen LogP contribution is -2.25. The number of carbonyl (C=O) groups excluding carboxylic acids is 1. The van der Waals surface area contributed by atoms with Crippen LogP contribution in [0.4, 0.5) is 11.4 Å². The third kappa shape index (κ3) is 3.13. The molecule has 0 aliphatic rings. The van der Waals surface area contributed by atoms with E-state index in [4.69, 9.17) is 5.73 Å². The predicted octanol–water partition coefficient (Wildman–Crippen LogP) is 2.70. The Morgan fingerprint density at radius 1 is 1.22 bits per heavy atom. The van der Waals surface area contributed by atoms with Gasteiger partial charge in [-0.2, -0.15) is 5.11 Å². The molecule has 0 bridgehead atoms. The van der Waals surface area contributed by atoms with Crippen LogP contribution in [0.2, 0.25) is 0 Å². The van der Waals surface area contributed by atoms with Gasteiger partial charge in [-0.05, 0) is 32.9 Å². The third-order valence-corrected chi connectivity index (χ3v) is 3.52. The lowest BCUT2D eigenvalue weighted by molar-refractivity contribution is 0.0995. The fourth-order valence-corrected chi connectivity index (χ4v) is 2.23. The molecule has 1 aromatic carbocycles. The standard InChI is InChI=1S/C16H18N4O3/c1-4-20-15(22)12(14(17)21)10(3)13(16(20)23)19-18-11-7-5-9(2)6-8-11/h5-8,22H,4H2,1-3H3,(H2,17,21). The van der Waals surface area contributed by atoms with Gasteiger partial charge in [0.2, 0.25) is 5.88 Å². The van der Waals surface area contributed by atoms with Crippen molar-refractivity contribution in [2.45, 2.75) is 27.3 Å². The molecule has 0 fully saturated rings. The first-order valence-electron chi connectivity index (χ1n) is 7.11. The molecule has 0 radical (unpaired) electrons. The zero-order valence-electron chi connectivity index (χ0n) is 13.2. The fourth-order valence-electron chi connectivity index (χ4n) is 2.23. The number of hydrogen-bond donors (Lipinski definition) is 2. The SMILES string of the molecule is CCn1c(O)c(C(N)=O)c(C)c(N=Nc2ccc(C)cc2)c1=O. The molecule has 23 heavy (non-hydrogen) atoms. The molecule has 1 amide bonds. The number of amides is 1. The van der Waals surface area contributed by atoms with E-state index in [1.165, 1.54) is 6.92 Å². The van der Waals surface area contributed by atoms with Crippen molar-refractivity contribution < 1.29 is 9.90 Å². The van der Waals surface area contributed by atoms with Crippen molar-refractivity contribution in [1.29, 1.82) is 0 Å². The first-order valence-corrected chi connectivity index (χ1v) is 7.11. The number of hydrogen-bond acceptors (Lipinski definition) is 5. The lowest BCUT2D eigenvalue weighted by atomic mass is 10.1. The summed E-state index contributed by atoms with van der Waals surface area (Å²) in [6.07, 6.45) is 0. The van der Waals surface area contributed by atoms with Gasteiger partial charge in [0.05, 0.1) is 5.69 Å². The Kier molecular flexibility index (Phi) is 4.59. The highest BCUT2D eigenvalue weighted by atomic mass is 16.3. The number of primary amides is 1. The second kappa shape index (κ2) is 6.43. The molecule has 1 heterocycles. The highest BCUT2D eigenvalue weighted by Gasteiger charge is 2.21. The minimum atomic E-state index is -0.825. The van der Waals surface area contributed by atoms with Crippen LogP contribution in [-0.2, 0) is 6.54 Å². The topological polar surface area (TPSA) is 110 Å². The van der Waals surface area contributed by atoms with Gasteiger partial charge < -0.3 is 10.8 Å². The molecule has 3 N–H and O–H groups in total. The van der Waals surface area contributed by atoms with Crippen molar-refractivity contribution in [3.05, 3.63) is 51.3 Å². The molecule has 0 spiro atoms. The number of aromatic nitrogens is 1. The van der Waals surface area contributed by atoms with Gasteiger partial charge in [0, 0.05) is 12.1 Å². The molecule has 2 aromatic rings. The van der Waals surface area contributed by atoms with Crippen LogP contribution in [0.1, 0.15) is 28.4 Å². The van der Waals surface area contributed by atoms with E-state index in [1.54, 1.807) is 19.1 Å². The van der Waals surface area contributed by atoms with E-state index in [-0.39, 0.29) is 23.4 Å². The summed E-state index contributed by atoms with van der Waals surface area (Å²) in [6, 6.07) is 7.28. The van der Waals surface area contributed by atoms with E-state index in [9.17, 15) is 14.7 Å². The zero-order chi connectivity index (χ0) is 17.1. The molecule has 0 aliphatic heterocycles. The van der Waals surface area contributed by atoms with Gasteiger partial charge in [-0.1, -0.05) is 17.7 Å². The second-order valence-corrected chi connectivity index (χ2v) is 5.12. The smallest absolute Gasteiger partial charge is 0.281 e. The fraction of sp³-hybridized carbons (Fsp3) is 0.250. The quantitative estimate of drug-likeness (QED) is 0.846. The summed E-state index contributed by atoms with van der Waals surface area (Å²) >= 11 is 0. The summed E-state index contributed by atoms with van der Waals surface area (Å²) in [5.74, 6) is -1.27. The number of nitrogens with two attached hydrogens (primary N) is 1. The first-order chi connectivity index (χ1) is 10.9. The largest absolute Gasteiger partial charge is 0.494 e. The Morgan fingerprint density at radius 3 is 2.35 bits per heavy atom. The summed E-state index contributed by atoms with van der Waals surface area (Å²) in [7, 11) is 0. The van der Waals surface area contributed by atoms with Crippen molar-refractivity contribution in [2.24, 2.45) is 16.0 Å². The minimum Gasteiger partial charge on any atom is -0.494 e. The number of carbonyl (C=O) groups is 1. The molecular weight excluding hydrogens is 296 g/mol.